The molecule has 5 heteroatoms. The first-order valence-corrected chi connectivity index (χ1v) is 5.02. The van der Waals surface area contributed by atoms with E-state index in [1.54, 1.807) is 37.4 Å². The van der Waals surface area contributed by atoms with Gasteiger partial charge in [0.05, 0.1) is 0 Å². The Bertz CT molecular complexity index is 528. The van der Waals surface area contributed by atoms with Gasteiger partial charge in [0.15, 0.2) is 5.15 Å². The molecule has 0 saturated carbocycles. The van der Waals surface area contributed by atoms with Crippen LogP contribution in [0.25, 0.3) is 0 Å². The van der Waals surface area contributed by atoms with Crippen LogP contribution in [0.4, 0.5) is 0 Å². The van der Waals surface area contributed by atoms with E-state index in [-0.39, 0.29) is 11.5 Å². The van der Waals surface area contributed by atoms with E-state index in [1.165, 1.54) is 0 Å². The Morgan fingerprint density at radius 2 is 2.06 bits per heavy atom. The number of hydrogen-bond donors (Lipinski definition) is 0. The molecular weight excluding hydrogens is 226 g/mol. The third kappa shape index (κ3) is 2.06. The van der Waals surface area contributed by atoms with Crippen molar-refractivity contribution in [1.29, 1.82) is 0 Å². The van der Waals surface area contributed by atoms with Crippen LogP contribution in [0.15, 0.2) is 30.5 Å². The van der Waals surface area contributed by atoms with Crippen molar-refractivity contribution in [3.8, 4) is 0 Å². The summed E-state index contributed by atoms with van der Waals surface area (Å²) < 4.78 is 0. The summed E-state index contributed by atoms with van der Waals surface area (Å²) in [7, 11) is 0. The fraction of sp³-hybridized carbons (Fsp3) is 0.0909. The van der Waals surface area contributed by atoms with E-state index in [1.807, 2.05) is 0 Å². The summed E-state index contributed by atoms with van der Waals surface area (Å²) in [5, 5.41) is 7.74. The third-order valence-electron chi connectivity index (χ3n) is 2.05. The molecule has 2 aromatic heterocycles. The van der Waals surface area contributed by atoms with Gasteiger partial charge in [-0.25, -0.2) is 0 Å². The van der Waals surface area contributed by atoms with E-state index >= 15 is 0 Å². The molecule has 0 atom stereocenters. The van der Waals surface area contributed by atoms with Gasteiger partial charge >= 0.3 is 0 Å². The van der Waals surface area contributed by atoms with Gasteiger partial charge in [-0.2, -0.15) is 0 Å². The standard InChI is InChI=1S/C11H8ClN3O/c1-7-6-9(14-15-11(7)12)10(16)8-4-2-3-5-13-8/h2-6H,1H3. The largest absolute Gasteiger partial charge is 0.285 e. The van der Waals surface area contributed by atoms with Gasteiger partial charge in [0.25, 0.3) is 0 Å². The van der Waals surface area contributed by atoms with Crippen LogP contribution in [0.1, 0.15) is 21.7 Å². The van der Waals surface area contributed by atoms with Crippen LogP contribution in [-0.2, 0) is 0 Å². The average molecular weight is 234 g/mol. The smallest absolute Gasteiger partial charge is 0.231 e. The fourth-order valence-corrected chi connectivity index (χ4v) is 1.30. The predicted molar refractivity (Wildman–Crippen MR) is 59.4 cm³/mol. The molecule has 0 unspecified atom stereocenters. The second kappa shape index (κ2) is 4.37. The Morgan fingerprint density at radius 3 is 2.69 bits per heavy atom. The van der Waals surface area contributed by atoms with Crippen LogP contribution in [0, 0.1) is 6.92 Å². The van der Waals surface area contributed by atoms with Crippen LogP contribution in [-0.4, -0.2) is 21.0 Å². The summed E-state index contributed by atoms with van der Waals surface area (Å²) in [5.41, 5.74) is 1.31. The molecule has 0 radical (unpaired) electrons. The molecule has 0 aromatic carbocycles. The van der Waals surface area contributed by atoms with E-state index in [0.717, 1.165) is 5.56 Å². The molecule has 0 saturated heterocycles. The van der Waals surface area contributed by atoms with Crippen LogP contribution >= 0.6 is 11.6 Å². The number of halogens is 1. The summed E-state index contributed by atoms with van der Waals surface area (Å²) in [6.45, 7) is 1.77. The molecule has 0 fully saturated rings. The first-order chi connectivity index (χ1) is 7.68. The lowest BCUT2D eigenvalue weighted by molar-refractivity contribution is 0.102. The van der Waals surface area contributed by atoms with Crippen molar-refractivity contribution < 1.29 is 4.79 Å². The Balaban J connectivity index is 2.39. The minimum atomic E-state index is -0.257. The van der Waals surface area contributed by atoms with Gasteiger partial charge in [0.2, 0.25) is 5.78 Å². The van der Waals surface area contributed by atoms with Gasteiger partial charge in [0, 0.05) is 6.20 Å². The van der Waals surface area contributed by atoms with Crippen molar-refractivity contribution in [2.24, 2.45) is 0 Å². The summed E-state index contributed by atoms with van der Waals surface area (Å²) in [6, 6.07) is 6.73. The number of nitrogens with zero attached hydrogens (tertiary/aromatic N) is 3. The topological polar surface area (TPSA) is 55.7 Å². The SMILES string of the molecule is Cc1cc(C(=O)c2ccccn2)nnc1Cl. The molecule has 2 heterocycles. The number of aryl methyl sites for hydroxylation is 1. The van der Waals surface area contributed by atoms with Crippen LogP contribution < -0.4 is 0 Å². The van der Waals surface area contributed by atoms with Crippen molar-refractivity contribution >= 4 is 17.4 Å². The Labute approximate surface area is 97.3 Å². The van der Waals surface area contributed by atoms with Crippen molar-refractivity contribution in [3.63, 3.8) is 0 Å². The van der Waals surface area contributed by atoms with E-state index < -0.39 is 0 Å². The van der Waals surface area contributed by atoms with Gasteiger partial charge in [-0.05, 0) is 30.7 Å². The molecule has 0 aliphatic heterocycles. The molecule has 2 rings (SSSR count). The minimum Gasteiger partial charge on any atom is -0.285 e. The number of rotatable bonds is 2. The summed E-state index contributed by atoms with van der Waals surface area (Å²) >= 11 is 5.73. The van der Waals surface area contributed by atoms with Crippen molar-refractivity contribution in [3.05, 3.63) is 52.6 Å². The normalized spacial score (nSPS) is 10.1. The van der Waals surface area contributed by atoms with E-state index in [4.69, 9.17) is 11.6 Å². The number of carbonyl (C=O) groups is 1. The molecule has 2 aromatic rings. The second-order valence-electron chi connectivity index (χ2n) is 3.25. The molecule has 4 nitrogen and oxygen atoms in total. The Kier molecular flexibility index (Phi) is 2.92. The molecule has 80 valence electrons. The summed E-state index contributed by atoms with van der Waals surface area (Å²) in [4.78, 5) is 15.9. The molecule has 0 N–H and O–H groups in total. The van der Waals surface area contributed by atoms with E-state index in [2.05, 4.69) is 15.2 Å². The van der Waals surface area contributed by atoms with Gasteiger partial charge < -0.3 is 0 Å². The molecule has 0 aliphatic rings. The molecule has 0 spiro atoms. The van der Waals surface area contributed by atoms with Crippen LogP contribution in [0.2, 0.25) is 5.15 Å². The van der Waals surface area contributed by atoms with E-state index in [9.17, 15) is 4.79 Å². The van der Waals surface area contributed by atoms with Crippen molar-refractivity contribution in [1.82, 2.24) is 15.2 Å². The fourth-order valence-electron chi connectivity index (χ4n) is 1.21. The van der Waals surface area contributed by atoms with Gasteiger partial charge in [-0.15, -0.1) is 10.2 Å². The quantitative estimate of drug-likeness (QED) is 0.745. The number of hydrogen-bond acceptors (Lipinski definition) is 4. The highest BCUT2D eigenvalue weighted by atomic mass is 35.5. The van der Waals surface area contributed by atoms with Gasteiger partial charge in [-0.3, -0.25) is 9.78 Å². The predicted octanol–water partition coefficient (Wildman–Crippen LogP) is 2.06. The number of pyridine rings is 1. The van der Waals surface area contributed by atoms with Gasteiger partial charge in [0.1, 0.15) is 11.4 Å². The number of aromatic nitrogens is 3. The van der Waals surface area contributed by atoms with Gasteiger partial charge in [-0.1, -0.05) is 17.7 Å². The molecule has 16 heavy (non-hydrogen) atoms. The second-order valence-corrected chi connectivity index (χ2v) is 3.61. The van der Waals surface area contributed by atoms with Crippen LogP contribution in [0.5, 0.6) is 0 Å². The number of carbonyl (C=O) groups excluding carboxylic acids is 1. The molecular formula is C11H8ClN3O. The van der Waals surface area contributed by atoms with E-state index in [0.29, 0.717) is 10.8 Å². The molecule has 0 aliphatic carbocycles. The minimum absolute atomic E-state index is 0.251. The molecule has 0 bridgehead atoms. The zero-order valence-electron chi connectivity index (χ0n) is 8.51. The highest BCUT2D eigenvalue weighted by Crippen LogP contribution is 2.12. The lowest BCUT2D eigenvalue weighted by Gasteiger charge is -2.00. The van der Waals surface area contributed by atoms with Crippen molar-refractivity contribution in [2.75, 3.05) is 0 Å². The first-order valence-electron chi connectivity index (χ1n) is 4.64. The maximum atomic E-state index is 11.9. The highest BCUT2D eigenvalue weighted by molar-refractivity contribution is 6.30. The number of ketones is 1. The monoisotopic (exact) mass is 233 g/mol. The maximum Gasteiger partial charge on any atom is 0.231 e. The van der Waals surface area contributed by atoms with Crippen LogP contribution in [0.3, 0.4) is 0 Å². The average Bonchev–Trinajstić information content (AvgIpc) is 2.33. The van der Waals surface area contributed by atoms with Crippen molar-refractivity contribution in [2.45, 2.75) is 6.92 Å². The summed E-state index contributed by atoms with van der Waals surface area (Å²) in [6.07, 6.45) is 1.56. The third-order valence-corrected chi connectivity index (χ3v) is 2.43. The Morgan fingerprint density at radius 1 is 1.25 bits per heavy atom. The summed E-state index contributed by atoms with van der Waals surface area (Å²) in [5.74, 6) is -0.257. The zero-order chi connectivity index (χ0) is 11.5. The lowest BCUT2D eigenvalue weighted by atomic mass is 10.1. The lowest BCUT2D eigenvalue weighted by Crippen LogP contribution is -2.07. The zero-order valence-corrected chi connectivity index (χ0v) is 9.27. The maximum absolute atomic E-state index is 11.9. The highest BCUT2D eigenvalue weighted by Gasteiger charge is 2.13. The Hall–Kier alpha value is -1.81. The first kappa shape index (κ1) is 10.7. The molecule has 0 amide bonds.